The summed E-state index contributed by atoms with van der Waals surface area (Å²) in [5.41, 5.74) is 7.15. The van der Waals surface area contributed by atoms with E-state index in [1.165, 1.54) is 60.4 Å². The summed E-state index contributed by atoms with van der Waals surface area (Å²) in [5.74, 6) is 1.03. The molecule has 0 N–H and O–H groups in total. The predicted octanol–water partition coefficient (Wildman–Crippen LogP) is 5.96. The molecule has 1 atom stereocenters. The van der Waals surface area contributed by atoms with Gasteiger partial charge in [0.2, 0.25) is 0 Å². The van der Waals surface area contributed by atoms with Crippen LogP contribution in [0.25, 0.3) is 0 Å². The van der Waals surface area contributed by atoms with E-state index in [0.717, 1.165) is 5.92 Å². The van der Waals surface area contributed by atoms with Crippen LogP contribution >= 0.6 is 0 Å². The Kier molecular flexibility index (Phi) is 7.10. The second-order valence-corrected chi connectivity index (χ2v) is 9.81. The van der Waals surface area contributed by atoms with Crippen LogP contribution in [-0.2, 0) is 0 Å². The Bertz CT molecular complexity index is 1020. The number of fused-ring (bicyclic) bond motifs is 1. The van der Waals surface area contributed by atoms with Crippen LogP contribution in [0.4, 0.5) is 0 Å². The van der Waals surface area contributed by atoms with Crippen molar-refractivity contribution in [1.82, 2.24) is 0 Å². The van der Waals surface area contributed by atoms with Crippen molar-refractivity contribution in [2.24, 2.45) is 5.92 Å². The summed E-state index contributed by atoms with van der Waals surface area (Å²) in [6, 6.07) is 43.5. The van der Waals surface area contributed by atoms with Crippen molar-refractivity contribution >= 4 is 28.0 Å². The lowest BCUT2D eigenvalue weighted by Crippen LogP contribution is -2.74. The molecular weight excluding hydrogens is 407 g/mol. The molecule has 0 amide bonds. The van der Waals surface area contributed by atoms with Gasteiger partial charge in [0, 0.05) is 0 Å². The van der Waals surface area contributed by atoms with Gasteiger partial charge in [0.15, 0.2) is 0 Å². The van der Waals surface area contributed by atoms with Gasteiger partial charge < -0.3 is 0 Å². The molecule has 0 nitrogen and oxygen atoms in total. The fourth-order valence-electron chi connectivity index (χ4n) is 6.31. The van der Waals surface area contributed by atoms with E-state index in [9.17, 15) is 0 Å². The minimum Gasteiger partial charge on any atom is -0.195 e. The molecule has 0 heterocycles. The topological polar surface area (TPSA) is 0 Å². The summed E-state index contributed by atoms with van der Waals surface area (Å²) < 4.78 is 0. The van der Waals surface area contributed by atoms with E-state index in [1.807, 2.05) is 0 Å². The molecule has 1 fully saturated rings. The number of hydrogen-bond donors (Lipinski definition) is 0. The Morgan fingerprint density at radius 1 is 0.471 bits per heavy atom. The van der Waals surface area contributed by atoms with Gasteiger partial charge in [0.05, 0.1) is 0 Å². The Balaban J connectivity index is 0.000000222. The van der Waals surface area contributed by atoms with Crippen LogP contribution < -0.4 is 21.9 Å². The highest BCUT2D eigenvalue weighted by Crippen LogP contribution is 2.37. The van der Waals surface area contributed by atoms with Crippen LogP contribution in [0.1, 0.15) is 38.5 Å². The summed E-state index contributed by atoms with van der Waals surface area (Å²) in [4.78, 5) is 0. The largest absolute Gasteiger partial charge is 0.195 e. The molecule has 2 aliphatic rings. The zero-order valence-corrected chi connectivity index (χ0v) is 20.0. The second kappa shape index (κ2) is 10.7. The van der Waals surface area contributed by atoms with Gasteiger partial charge in [0.1, 0.15) is 6.15 Å². The number of allylic oxidation sites excluding steroid dienone is 2. The Labute approximate surface area is 205 Å². The molecule has 0 radical (unpaired) electrons. The third kappa shape index (κ3) is 4.53. The van der Waals surface area contributed by atoms with Crippen molar-refractivity contribution in [2.75, 3.05) is 0 Å². The molecule has 34 heavy (non-hydrogen) atoms. The van der Waals surface area contributed by atoms with Gasteiger partial charge >= 0.3 is 0 Å². The van der Waals surface area contributed by atoms with Gasteiger partial charge in [-0.25, -0.2) is 0 Å². The van der Waals surface area contributed by atoms with Crippen molar-refractivity contribution in [3.63, 3.8) is 0 Å². The quantitative estimate of drug-likeness (QED) is 0.271. The molecular formula is C33H34B-. The zero-order chi connectivity index (χ0) is 23.1. The average Bonchev–Trinajstić information content (AvgIpc) is 3.41. The second-order valence-electron chi connectivity index (χ2n) is 9.81. The van der Waals surface area contributed by atoms with Crippen molar-refractivity contribution in [1.29, 1.82) is 0 Å². The lowest BCUT2D eigenvalue weighted by molar-refractivity contribution is 0.526. The third-order valence-electron chi connectivity index (χ3n) is 7.90. The molecule has 170 valence electrons. The highest BCUT2D eigenvalue weighted by Gasteiger charge is 2.31. The molecule has 0 spiro atoms. The van der Waals surface area contributed by atoms with Gasteiger partial charge in [-0.1, -0.05) is 133 Å². The smallest absolute Gasteiger partial charge is 0.108 e. The molecule has 2 aliphatic carbocycles. The van der Waals surface area contributed by atoms with Crippen LogP contribution in [0.15, 0.2) is 133 Å². The van der Waals surface area contributed by atoms with E-state index in [1.54, 1.807) is 5.57 Å². The summed E-state index contributed by atoms with van der Waals surface area (Å²) in [5, 5.41) is 0. The van der Waals surface area contributed by atoms with Crippen LogP contribution in [0.5, 0.6) is 0 Å². The maximum Gasteiger partial charge on any atom is 0.108 e. The van der Waals surface area contributed by atoms with Crippen molar-refractivity contribution < 1.29 is 0 Å². The van der Waals surface area contributed by atoms with E-state index in [2.05, 4.69) is 127 Å². The first-order valence-electron chi connectivity index (χ1n) is 13.0. The standard InChI is InChI=1S/C24H20B.C9H14/c1-5-13-21(14-6-1)25(22-15-7-2-8-16-22,23-17-9-3-10-18-23)24-19-11-4-12-20-24;1-2-5-9-7-3-6-8(9)4-1/h1-20H;4,9H,1-3,5-7H2/q-1;. The molecule has 1 heteroatoms. The SMILES string of the molecule is C1=C2CCCC2CCC1.c1ccc([B-](c2ccccc2)(c2ccccc2)c2ccccc2)cc1. The van der Waals surface area contributed by atoms with E-state index in [4.69, 9.17) is 0 Å². The summed E-state index contributed by atoms with van der Waals surface area (Å²) in [6.07, 6.45) is 9.96. The molecule has 0 aliphatic heterocycles. The first kappa shape index (κ1) is 22.5. The Hall–Kier alpha value is -3.32. The molecule has 1 unspecified atom stereocenters. The summed E-state index contributed by atoms with van der Waals surface area (Å²) in [7, 11) is 0. The molecule has 4 aromatic rings. The molecule has 0 aromatic heterocycles. The lowest BCUT2D eigenvalue weighted by Gasteiger charge is -2.44. The van der Waals surface area contributed by atoms with E-state index in [0.29, 0.717) is 0 Å². The highest BCUT2D eigenvalue weighted by atomic mass is 14.3. The van der Waals surface area contributed by atoms with Crippen LogP contribution in [0, 0.1) is 5.92 Å². The average molecular weight is 441 g/mol. The van der Waals surface area contributed by atoms with Gasteiger partial charge in [-0.15, -0.1) is 0 Å². The van der Waals surface area contributed by atoms with Crippen LogP contribution in [0.2, 0.25) is 0 Å². The van der Waals surface area contributed by atoms with E-state index >= 15 is 0 Å². The minimum atomic E-state index is -1.22. The maximum atomic E-state index is 2.49. The summed E-state index contributed by atoms with van der Waals surface area (Å²) in [6.45, 7) is 0. The van der Waals surface area contributed by atoms with E-state index < -0.39 is 6.15 Å². The molecule has 1 saturated carbocycles. The van der Waals surface area contributed by atoms with Gasteiger partial charge in [-0.3, -0.25) is 0 Å². The van der Waals surface area contributed by atoms with E-state index in [-0.39, 0.29) is 0 Å². The Morgan fingerprint density at radius 3 is 1.24 bits per heavy atom. The van der Waals surface area contributed by atoms with Crippen molar-refractivity contribution in [2.45, 2.75) is 38.5 Å². The first-order valence-corrected chi connectivity index (χ1v) is 13.0. The number of rotatable bonds is 4. The minimum absolute atomic E-state index is 1.03. The normalized spacial score (nSPS) is 17.2. The van der Waals surface area contributed by atoms with Crippen LogP contribution in [-0.4, -0.2) is 6.15 Å². The molecule has 6 rings (SSSR count). The maximum absolute atomic E-state index is 2.49. The molecule has 4 aromatic carbocycles. The van der Waals surface area contributed by atoms with Gasteiger partial charge in [-0.05, 0) is 44.4 Å². The number of benzene rings is 4. The predicted molar refractivity (Wildman–Crippen MR) is 149 cm³/mol. The van der Waals surface area contributed by atoms with Gasteiger partial charge in [-0.2, -0.15) is 21.9 Å². The zero-order valence-electron chi connectivity index (χ0n) is 20.0. The van der Waals surface area contributed by atoms with Gasteiger partial charge in [0.25, 0.3) is 0 Å². The third-order valence-corrected chi connectivity index (χ3v) is 7.90. The van der Waals surface area contributed by atoms with Crippen LogP contribution in [0.3, 0.4) is 0 Å². The number of hydrogen-bond acceptors (Lipinski definition) is 0. The fraction of sp³-hybridized carbons (Fsp3) is 0.212. The molecule has 0 saturated heterocycles. The monoisotopic (exact) mass is 441 g/mol. The highest BCUT2D eigenvalue weighted by molar-refractivity contribution is 7.19. The molecule has 0 bridgehead atoms. The van der Waals surface area contributed by atoms with Crippen molar-refractivity contribution in [3.05, 3.63) is 133 Å². The first-order chi connectivity index (χ1) is 16.9. The fourth-order valence-corrected chi connectivity index (χ4v) is 6.31. The summed E-state index contributed by atoms with van der Waals surface area (Å²) >= 11 is 0. The Morgan fingerprint density at radius 2 is 0.853 bits per heavy atom. The van der Waals surface area contributed by atoms with Crippen molar-refractivity contribution in [3.8, 4) is 0 Å². The lowest BCUT2D eigenvalue weighted by atomic mass is 9.13.